The molecule has 1 amide bonds. The Kier molecular flexibility index (Phi) is 6.01. The summed E-state index contributed by atoms with van der Waals surface area (Å²) in [5, 5.41) is 9.87. The van der Waals surface area contributed by atoms with E-state index in [0.29, 0.717) is 29.5 Å². The van der Waals surface area contributed by atoms with Crippen molar-refractivity contribution in [2.75, 3.05) is 0 Å². The smallest absolute Gasteiger partial charge is 0.233 e. The Morgan fingerprint density at radius 1 is 1.19 bits per heavy atom. The first kappa shape index (κ1) is 18.1. The van der Waals surface area contributed by atoms with Crippen LogP contribution in [0, 0.1) is 5.82 Å². The highest BCUT2D eigenvalue weighted by Gasteiger charge is 2.20. The quantitative estimate of drug-likeness (QED) is 0.621. The fourth-order valence-corrected chi connectivity index (χ4v) is 3.28. The average Bonchev–Trinajstić information content (AvgIpc) is 3.13. The maximum absolute atomic E-state index is 13.8. The second kappa shape index (κ2) is 8.62. The van der Waals surface area contributed by atoms with Gasteiger partial charge in [-0.05, 0) is 24.1 Å². The number of aromatic amines is 1. The van der Waals surface area contributed by atoms with E-state index in [1.165, 1.54) is 17.8 Å². The lowest BCUT2D eigenvalue weighted by Crippen LogP contribution is -2.31. The summed E-state index contributed by atoms with van der Waals surface area (Å²) in [6.45, 7) is 2.41. The monoisotopic (exact) mass is 370 g/mol. The summed E-state index contributed by atoms with van der Waals surface area (Å²) in [6.07, 6.45) is 0.634. The van der Waals surface area contributed by atoms with Gasteiger partial charge in [0, 0.05) is 6.54 Å². The molecular formula is C19H19FN4OS. The van der Waals surface area contributed by atoms with Gasteiger partial charge in [-0.25, -0.2) is 9.37 Å². The number of amides is 1. The standard InChI is InChI=1S/C19H19FN4OS/c1-2-16(18(25)21-12-13-8-4-3-5-9-13)26-19-22-17(23-24-19)14-10-6-7-11-15(14)20/h3-11,16H,2,12H2,1H3,(H,21,25)(H,22,23,24). The molecule has 1 unspecified atom stereocenters. The van der Waals surface area contributed by atoms with Crippen LogP contribution in [0.1, 0.15) is 18.9 Å². The molecule has 1 aromatic heterocycles. The van der Waals surface area contributed by atoms with Crippen LogP contribution in [-0.2, 0) is 11.3 Å². The topological polar surface area (TPSA) is 70.7 Å². The summed E-state index contributed by atoms with van der Waals surface area (Å²) in [6, 6.07) is 16.1. The number of carbonyl (C=O) groups is 1. The molecule has 0 aliphatic carbocycles. The molecule has 3 aromatic rings. The Bertz CT molecular complexity index is 869. The summed E-state index contributed by atoms with van der Waals surface area (Å²) in [5.74, 6) is -0.0865. The van der Waals surface area contributed by atoms with Gasteiger partial charge in [0.05, 0.1) is 10.8 Å². The van der Waals surface area contributed by atoms with Crippen LogP contribution >= 0.6 is 11.8 Å². The SMILES string of the molecule is CCC(Sc1n[nH]c(-c2ccccc2F)n1)C(=O)NCc1ccccc1. The van der Waals surface area contributed by atoms with Crippen LogP contribution in [0.2, 0.25) is 0 Å². The molecule has 0 spiro atoms. The van der Waals surface area contributed by atoms with E-state index < -0.39 is 0 Å². The van der Waals surface area contributed by atoms with Crippen LogP contribution in [-0.4, -0.2) is 26.3 Å². The number of thioether (sulfide) groups is 1. The minimum atomic E-state index is -0.368. The molecule has 1 heterocycles. The largest absolute Gasteiger partial charge is 0.351 e. The van der Waals surface area contributed by atoms with Crippen molar-refractivity contribution in [1.82, 2.24) is 20.5 Å². The van der Waals surface area contributed by atoms with E-state index in [1.54, 1.807) is 18.2 Å². The molecule has 26 heavy (non-hydrogen) atoms. The Balaban J connectivity index is 1.63. The van der Waals surface area contributed by atoms with Gasteiger partial charge in [0.15, 0.2) is 5.82 Å². The predicted octanol–water partition coefficient (Wildman–Crippen LogP) is 3.80. The molecule has 0 radical (unpaired) electrons. The normalized spacial score (nSPS) is 11.9. The molecule has 2 aromatic carbocycles. The molecule has 5 nitrogen and oxygen atoms in total. The van der Waals surface area contributed by atoms with E-state index in [2.05, 4.69) is 20.5 Å². The summed E-state index contributed by atoms with van der Waals surface area (Å²) in [7, 11) is 0. The lowest BCUT2D eigenvalue weighted by atomic mass is 10.2. The molecule has 1 atom stereocenters. The summed E-state index contributed by atoms with van der Waals surface area (Å²) < 4.78 is 13.8. The van der Waals surface area contributed by atoms with Crippen LogP contribution in [0.25, 0.3) is 11.4 Å². The number of halogens is 1. The van der Waals surface area contributed by atoms with Crippen molar-refractivity contribution in [3.05, 3.63) is 66.0 Å². The fourth-order valence-electron chi connectivity index (χ4n) is 2.42. The molecular weight excluding hydrogens is 351 g/mol. The second-order valence-corrected chi connectivity index (χ2v) is 6.83. The third kappa shape index (κ3) is 4.49. The van der Waals surface area contributed by atoms with Gasteiger partial charge in [0.2, 0.25) is 11.1 Å². The number of benzene rings is 2. The number of H-pyrrole nitrogens is 1. The van der Waals surface area contributed by atoms with Gasteiger partial charge < -0.3 is 5.32 Å². The third-order valence-electron chi connectivity index (χ3n) is 3.81. The van der Waals surface area contributed by atoms with Crippen LogP contribution < -0.4 is 5.32 Å². The predicted molar refractivity (Wildman–Crippen MR) is 100 cm³/mol. The van der Waals surface area contributed by atoms with E-state index in [0.717, 1.165) is 5.56 Å². The second-order valence-electron chi connectivity index (χ2n) is 5.66. The van der Waals surface area contributed by atoms with Gasteiger partial charge in [-0.3, -0.25) is 9.89 Å². The third-order valence-corrected chi connectivity index (χ3v) is 5.04. The number of aromatic nitrogens is 3. The van der Waals surface area contributed by atoms with Gasteiger partial charge in [-0.1, -0.05) is 61.2 Å². The first-order chi connectivity index (χ1) is 12.7. The number of nitrogens with one attached hydrogen (secondary N) is 2. The molecule has 0 saturated heterocycles. The van der Waals surface area contributed by atoms with Crippen molar-refractivity contribution in [2.45, 2.75) is 30.3 Å². The summed E-state index contributed by atoms with van der Waals surface area (Å²) in [4.78, 5) is 16.7. The number of nitrogens with zero attached hydrogens (tertiary/aromatic N) is 2. The molecule has 0 aliphatic heterocycles. The number of hydrogen-bond acceptors (Lipinski definition) is 4. The van der Waals surface area contributed by atoms with Gasteiger partial charge >= 0.3 is 0 Å². The van der Waals surface area contributed by atoms with E-state index in [1.807, 2.05) is 37.3 Å². The Hall–Kier alpha value is -2.67. The highest BCUT2D eigenvalue weighted by molar-refractivity contribution is 8.00. The van der Waals surface area contributed by atoms with Crippen LogP contribution in [0.4, 0.5) is 4.39 Å². The molecule has 2 N–H and O–H groups in total. The first-order valence-corrected chi connectivity index (χ1v) is 9.21. The van der Waals surface area contributed by atoms with Gasteiger partial charge in [-0.15, -0.1) is 5.10 Å². The zero-order chi connectivity index (χ0) is 18.4. The van der Waals surface area contributed by atoms with E-state index >= 15 is 0 Å². The Morgan fingerprint density at radius 2 is 1.92 bits per heavy atom. The number of hydrogen-bond donors (Lipinski definition) is 2. The molecule has 0 fully saturated rings. The number of rotatable bonds is 7. The lowest BCUT2D eigenvalue weighted by Gasteiger charge is -2.12. The van der Waals surface area contributed by atoms with Gasteiger partial charge in [-0.2, -0.15) is 0 Å². The van der Waals surface area contributed by atoms with Gasteiger partial charge in [0.25, 0.3) is 0 Å². The van der Waals surface area contributed by atoms with E-state index in [-0.39, 0.29) is 17.0 Å². The maximum Gasteiger partial charge on any atom is 0.233 e. The van der Waals surface area contributed by atoms with E-state index in [9.17, 15) is 9.18 Å². The average molecular weight is 370 g/mol. The Labute approximate surface area is 155 Å². The highest BCUT2D eigenvalue weighted by Crippen LogP contribution is 2.25. The first-order valence-electron chi connectivity index (χ1n) is 8.33. The number of carbonyl (C=O) groups excluding carboxylic acids is 1. The van der Waals surface area contributed by atoms with Crippen LogP contribution in [0.5, 0.6) is 0 Å². The molecule has 0 bridgehead atoms. The van der Waals surface area contributed by atoms with Crippen molar-refractivity contribution >= 4 is 17.7 Å². The Morgan fingerprint density at radius 3 is 2.65 bits per heavy atom. The van der Waals surface area contributed by atoms with Gasteiger partial charge in [0.1, 0.15) is 5.82 Å². The highest BCUT2D eigenvalue weighted by atomic mass is 32.2. The van der Waals surface area contributed by atoms with Crippen molar-refractivity contribution in [1.29, 1.82) is 0 Å². The van der Waals surface area contributed by atoms with Crippen molar-refractivity contribution in [3.63, 3.8) is 0 Å². The molecule has 0 aliphatic rings. The molecule has 134 valence electrons. The molecule has 7 heteroatoms. The fraction of sp³-hybridized carbons (Fsp3) is 0.211. The minimum Gasteiger partial charge on any atom is -0.351 e. The van der Waals surface area contributed by atoms with Crippen LogP contribution in [0.3, 0.4) is 0 Å². The summed E-state index contributed by atoms with van der Waals surface area (Å²) >= 11 is 1.27. The van der Waals surface area contributed by atoms with E-state index in [4.69, 9.17) is 0 Å². The van der Waals surface area contributed by atoms with Crippen molar-refractivity contribution in [3.8, 4) is 11.4 Å². The molecule has 0 saturated carbocycles. The lowest BCUT2D eigenvalue weighted by molar-refractivity contribution is -0.120. The zero-order valence-corrected chi connectivity index (χ0v) is 15.1. The zero-order valence-electron chi connectivity index (χ0n) is 14.3. The minimum absolute atomic E-state index is 0.0707. The van der Waals surface area contributed by atoms with Crippen LogP contribution in [0.15, 0.2) is 59.8 Å². The van der Waals surface area contributed by atoms with Crippen molar-refractivity contribution < 1.29 is 9.18 Å². The van der Waals surface area contributed by atoms with Crippen molar-refractivity contribution in [2.24, 2.45) is 0 Å². The maximum atomic E-state index is 13.8. The molecule has 3 rings (SSSR count). The summed E-state index contributed by atoms with van der Waals surface area (Å²) in [5.41, 5.74) is 1.40.